The average Bonchev–Trinajstić information content (AvgIpc) is 2.89. The van der Waals surface area contributed by atoms with Crippen LogP contribution in [0.5, 0.6) is 0 Å². The largest absolute Gasteiger partial charge is 0.394 e. The summed E-state index contributed by atoms with van der Waals surface area (Å²) in [6.07, 6.45) is 1.84. The monoisotopic (exact) mass is 303 g/mol. The van der Waals surface area contributed by atoms with Gasteiger partial charge < -0.3 is 5.73 Å². The quantitative estimate of drug-likeness (QED) is 0.676. The van der Waals surface area contributed by atoms with Gasteiger partial charge >= 0.3 is 0 Å². The zero-order valence-electron chi connectivity index (χ0n) is 13.1. The Labute approximate surface area is 128 Å². The fourth-order valence-electron chi connectivity index (χ4n) is 2.35. The van der Waals surface area contributed by atoms with E-state index >= 15 is 0 Å². The van der Waals surface area contributed by atoms with E-state index in [2.05, 4.69) is 5.10 Å². The average molecular weight is 303 g/mol. The number of nitrogens with zero attached hydrogens (tertiary/aromatic N) is 2. The SMILES string of the molecule is CC.Cc1ccc(-c2cc(F)c(N)c(F)c2)c2cn(C)nc12. The molecular weight excluding hydrogens is 284 g/mol. The van der Waals surface area contributed by atoms with E-state index in [0.29, 0.717) is 5.56 Å². The first kappa shape index (κ1) is 15.9. The van der Waals surface area contributed by atoms with Crippen LogP contribution in [0.4, 0.5) is 14.5 Å². The second kappa shape index (κ2) is 6.13. The van der Waals surface area contributed by atoms with Gasteiger partial charge in [0.05, 0.1) is 5.52 Å². The Bertz CT molecular complexity index is 799. The Morgan fingerprint density at radius 2 is 1.68 bits per heavy atom. The van der Waals surface area contributed by atoms with Crippen molar-refractivity contribution < 1.29 is 8.78 Å². The van der Waals surface area contributed by atoms with Crippen LogP contribution in [0.25, 0.3) is 22.0 Å². The van der Waals surface area contributed by atoms with Crippen molar-refractivity contribution in [3.8, 4) is 11.1 Å². The first-order valence-corrected chi connectivity index (χ1v) is 7.15. The van der Waals surface area contributed by atoms with Crippen LogP contribution in [-0.4, -0.2) is 9.78 Å². The van der Waals surface area contributed by atoms with Crippen molar-refractivity contribution in [1.29, 1.82) is 0 Å². The lowest BCUT2D eigenvalue weighted by Crippen LogP contribution is -1.96. The molecule has 3 rings (SSSR count). The fourth-order valence-corrected chi connectivity index (χ4v) is 2.35. The summed E-state index contributed by atoms with van der Waals surface area (Å²) < 4.78 is 28.9. The molecule has 3 aromatic rings. The highest BCUT2D eigenvalue weighted by Gasteiger charge is 2.13. The molecule has 0 radical (unpaired) electrons. The summed E-state index contributed by atoms with van der Waals surface area (Å²) in [5, 5.41) is 5.22. The second-order valence-electron chi connectivity index (χ2n) is 4.85. The highest BCUT2D eigenvalue weighted by atomic mass is 19.1. The van der Waals surface area contributed by atoms with E-state index in [0.717, 1.165) is 22.0 Å². The van der Waals surface area contributed by atoms with Gasteiger partial charge in [-0.2, -0.15) is 5.10 Å². The summed E-state index contributed by atoms with van der Waals surface area (Å²) in [7, 11) is 1.81. The van der Waals surface area contributed by atoms with Gasteiger partial charge in [0.25, 0.3) is 0 Å². The summed E-state index contributed by atoms with van der Waals surface area (Å²) >= 11 is 0. The molecule has 0 atom stereocenters. The number of aromatic nitrogens is 2. The van der Waals surface area contributed by atoms with Gasteiger partial charge in [0.2, 0.25) is 0 Å². The molecule has 0 aliphatic rings. The zero-order valence-corrected chi connectivity index (χ0v) is 13.1. The van der Waals surface area contributed by atoms with Crippen LogP contribution in [0, 0.1) is 18.6 Å². The maximum atomic E-state index is 13.6. The molecule has 0 amide bonds. The third-order valence-corrected chi connectivity index (χ3v) is 3.38. The molecule has 0 bridgehead atoms. The van der Waals surface area contributed by atoms with Crippen LogP contribution >= 0.6 is 0 Å². The number of nitrogen functional groups attached to an aromatic ring is 1. The molecule has 1 aromatic heterocycles. The topological polar surface area (TPSA) is 43.8 Å². The smallest absolute Gasteiger partial charge is 0.149 e. The Balaban J connectivity index is 0.000000847. The lowest BCUT2D eigenvalue weighted by Gasteiger charge is -2.07. The van der Waals surface area contributed by atoms with E-state index in [1.54, 1.807) is 4.68 Å². The molecule has 0 saturated heterocycles. The maximum absolute atomic E-state index is 13.6. The van der Waals surface area contributed by atoms with E-state index in [9.17, 15) is 8.78 Å². The number of benzene rings is 2. The molecule has 0 spiro atoms. The lowest BCUT2D eigenvalue weighted by molar-refractivity contribution is 0.592. The Morgan fingerprint density at radius 1 is 1.09 bits per heavy atom. The van der Waals surface area contributed by atoms with Crippen molar-refractivity contribution in [3.05, 3.63) is 47.7 Å². The molecule has 5 heteroatoms. The van der Waals surface area contributed by atoms with Gasteiger partial charge in [0.1, 0.15) is 17.3 Å². The Hall–Kier alpha value is -2.43. The molecule has 0 aliphatic heterocycles. The molecule has 22 heavy (non-hydrogen) atoms. The van der Waals surface area contributed by atoms with Gasteiger partial charge in [-0.05, 0) is 35.7 Å². The number of fused-ring (bicyclic) bond motifs is 1. The minimum Gasteiger partial charge on any atom is -0.394 e. The predicted octanol–water partition coefficient (Wildman–Crippen LogP) is 4.44. The highest BCUT2D eigenvalue weighted by molar-refractivity contribution is 5.96. The molecule has 1 heterocycles. The van der Waals surface area contributed by atoms with Crippen molar-refractivity contribution in [2.75, 3.05) is 5.73 Å². The lowest BCUT2D eigenvalue weighted by atomic mass is 9.99. The number of aryl methyl sites for hydroxylation is 2. The minimum absolute atomic E-state index is 0.451. The molecule has 116 valence electrons. The van der Waals surface area contributed by atoms with Crippen LogP contribution in [0.2, 0.25) is 0 Å². The van der Waals surface area contributed by atoms with Crippen LogP contribution in [0.1, 0.15) is 19.4 Å². The molecule has 2 aromatic carbocycles. The molecule has 0 fully saturated rings. The third kappa shape index (κ3) is 2.66. The predicted molar refractivity (Wildman–Crippen MR) is 86.6 cm³/mol. The van der Waals surface area contributed by atoms with E-state index in [-0.39, 0.29) is 0 Å². The van der Waals surface area contributed by atoms with E-state index < -0.39 is 17.3 Å². The summed E-state index contributed by atoms with van der Waals surface area (Å²) in [6.45, 7) is 5.95. The van der Waals surface area contributed by atoms with Crippen molar-refractivity contribution in [1.82, 2.24) is 9.78 Å². The molecule has 0 unspecified atom stereocenters. The number of rotatable bonds is 1. The van der Waals surface area contributed by atoms with Crippen molar-refractivity contribution in [2.45, 2.75) is 20.8 Å². The normalized spacial score (nSPS) is 10.5. The number of hydrogen-bond acceptors (Lipinski definition) is 2. The van der Waals surface area contributed by atoms with Gasteiger partial charge in [-0.3, -0.25) is 4.68 Å². The highest BCUT2D eigenvalue weighted by Crippen LogP contribution is 2.32. The molecule has 3 nitrogen and oxygen atoms in total. The fraction of sp³-hybridized carbons (Fsp3) is 0.235. The summed E-state index contributed by atoms with van der Waals surface area (Å²) in [5.41, 5.74) is 7.87. The van der Waals surface area contributed by atoms with Crippen LogP contribution in [0.15, 0.2) is 30.5 Å². The Morgan fingerprint density at radius 3 is 2.27 bits per heavy atom. The number of halogens is 2. The van der Waals surface area contributed by atoms with Crippen molar-refractivity contribution >= 4 is 16.6 Å². The second-order valence-corrected chi connectivity index (χ2v) is 4.85. The number of hydrogen-bond donors (Lipinski definition) is 1. The van der Waals surface area contributed by atoms with Gasteiger partial charge in [0, 0.05) is 18.6 Å². The molecule has 2 N–H and O–H groups in total. The van der Waals surface area contributed by atoms with E-state index in [1.807, 2.05) is 46.1 Å². The van der Waals surface area contributed by atoms with Crippen LogP contribution in [0.3, 0.4) is 0 Å². The van der Waals surface area contributed by atoms with Crippen molar-refractivity contribution in [3.63, 3.8) is 0 Å². The van der Waals surface area contributed by atoms with Crippen LogP contribution in [-0.2, 0) is 7.05 Å². The van der Waals surface area contributed by atoms with Gasteiger partial charge in [-0.15, -0.1) is 0 Å². The Kier molecular flexibility index (Phi) is 4.45. The number of nitrogens with two attached hydrogens (primary N) is 1. The first-order chi connectivity index (χ1) is 10.5. The standard InChI is InChI=1S/C15H13F2N3.C2H6/c1-8-3-4-10(11-7-20(2)19-15(8)11)9-5-12(16)14(18)13(17)6-9;1-2/h3-7H,18H2,1-2H3;1-2H3. The molecular formula is C17H19F2N3. The van der Waals surface area contributed by atoms with E-state index in [1.165, 1.54) is 12.1 Å². The maximum Gasteiger partial charge on any atom is 0.149 e. The minimum atomic E-state index is -0.752. The van der Waals surface area contributed by atoms with Crippen LogP contribution < -0.4 is 5.73 Å². The third-order valence-electron chi connectivity index (χ3n) is 3.38. The van der Waals surface area contributed by atoms with E-state index in [4.69, 9.17) is 5.73 Å². The first-order valence-electron chi connectivity index (χ1n) is 7.15. The van der Waals surface area contributed by atoms with Gasteiger partial charge in [-0.25, -0.2) is 8.78 Å². The molecule has 0 saturated carbocycles. The van der Waals surface area contributed by atoms with Gasteiger partial charge in [-0.1, -0.05) is 26.0 Å². The number of anilines is 1. The summed E-state index contributed by atoms with van der Waals surface area (Å²) in [5.74, 6) is -1.50. The molecule has 0 aliphatic carbocycles. The van der Waals surface area contributed by atoms with Gasteiger partial charge in [0.15, 0.2) is 0 Å². The summed E-state index contributed by atoms with van der Waals surface area (Å²) in [4.78, 5) is 0. The van der Waals surface area contributed by atoms with Crippen molar-refractivity contribution in [2.24, 2.45) is 7.05 Å². The zero-order chi connectivity index (χ0) is 16.4. The summed E-state index contributed by atoms with van der Waals surface area (Å²) in [6, 6.07) is 6.21.